The summed E-state index contributed by atoms with van der Waals surface area (Å²) >= 11 is 10.2. The minimum atomic E-state index is -0.471. The van der Waals surface area contributed by atoms with Crippen LogP contribution in [0.3, 0.4) is 0 Å². The van der Waals surface area contributed by atoms with Crippen LogP contribution >= 0.6 is 24.2 Å². The van der Waals surface area contributed by atoms with Crippen LogP contribution in [0.25, 0.3) is 21.8 Å². The highest BCUT2D eigenvalue weighted by Crippen LogP contribution is 2.27. The molecular formula is C16H20ClN4O3S+. The lowest BCUT2D eigenvalue weighted by Gasteiger charge is -2.21. The third kappa shape index (κ3) is 4.60. The van der Waals surface area contributed by atoms with E-state index in [1.54, 1.807) is 18.2 Å². The summed E-state index contributed by atoms with van der Waals surface area (Å²) in [6.45, 7) is 1.11. The van der Waals surface area contributed by atoms with Gasteiger partial charge in [-0.05, 0) is 12.1 Å². The molecule has 0 aliphatic rings. The largest absolute Gasteiger partial charge is 0.391 e. The van der Waals surface area contributed by atoms with Crippen molar-refractivity contribution in [1.82, 2.24) is 15.2 Å². The van der Waals surface area contributed by atoms with Gasteiger partial charge in [-0.1, -0.05) is 17.7 Å². The van der Waals surface area contributed by atoms with E-state index in [2.05, 4.69) is 49.0 Å². The van der Waals surface area contributed by atoms with Crippen molar-refractivity contribution in [3.05, 3.63) is 43.9 Å². The van der Waals surface area contributed by atoms with Crippen LogP contribution in [-0.2, 0) is 0 Å². The van der Waals surface area contributed by atoms with Crippen molar-refractivity contribution in [2.45, 2.75) is 4.90 Å². The number of aromatic amines is 2. The smallest absolute Gasteiger partial charge is 0.289 e. The van der Waals surface area contributed by atoms with Crippen molar-refractivity contribution < 1.29 is 9.59 Å². The number of nitrogens with one attached hydrogen (secondary N) is 2. The predicted octanol–water partition coefficient (Wildman–Crippen LogP) is 1.39. The number of hydrogen-bond acceptors (Lipinski definition) is 5. The van der Waals surface area contributed by atoms with Gasteiger partial charge in [0.05, 0.1) is 38.7 Å². The summed E-state index contributed by atoms with van der Waals surface area (Å²) in [5, 5.41) is 14.2. The minimum Gasteiger partial charge on any atom is -0.391 e. The molecule has 2 aromatic heterocycles. The molecule has 0 amide bonds. The number of hydrogen-bond donors (Lipinski definition) is 4. The number of quaternary nitrogens is 1. The van der Waals surface area contributed by atoms with Crippen LogP contribution in [0.4, 0.5) is 0 Å². The number of halogens is 1. The fourth-order valence-corrected chi connectivity index (χ4v) is 2.70. The number of rotatable bonds is 2. The summed E-state index contributed by atoms with van der Waals surface area (Å²) in [6, 6.07) is 5.02. The molecule has 7 nitrogen and oxygen atoms in total. The standard InChI is InChI=1S/C11H6ClN3O2S.C5H14NO/c12-4-1-2-5-6(3-4)13-8-7(9(5)18)10(16)14-15-11(8)17;1-6(2,3)4-5-7/h1-3H,(H,13,18)(H,14,16)(H,15,17);7H,4-5H2,1-3H3/q;+1. The molecule has 0 unspecified atom stereocenters. The van der Waals surface area contributed by atoms with Gasteiger partial charge in [-0.15, -0.1) is 12.6 Å². The normalized spacial score (nSPS) is 11.4. The molecule has 0 saturated carbocycles. The average molecular weight is 384 g/mol. The Bertz CT molecular complexity index is 1020. The van der Waals surface area contributed by atoms with Gasteiger partial charge < -0.3 is 9.59 Å². The molecule has 3 rings (SSSR count). The molecule has 0 radical (unpaired) electrons. The maximum absolute atomic E-state index is 11.7. The number of thiol groups is 1. The maximum Gasteiger partial charge on any atom is 0.289 e. The van der Waals surface area contributed by atoms with Crippen molar-refractivity contribution in [2.75, 3.05) is 34.3 Å². The average Bonchev–Trinajstić information content (AvgIpc) is 2.50. The molecule has 0 aliphatic heterocycles. The molecule has 0 aliphatic carbocycles. The van der Waals surface area contributed by atoms with E-state index in [1.165, 1.54) is 0 Å². The zero-order chi connectivity index (χ0) is 18.8. The Hall–Kier alpha value is -1.87. The first kappa shape index (κ1) is 19.5. The lowest BCUT2D eigenvalue weighted by molar-refractivity contribution is -0.870. The number of fused-ring (bicyclic) bond motifs is 2. The summed E-state index contributed by atoms with van der Waals surface area (Å²) in [5.41, 5.74) is -0.324. The Morgan fingerprint density at radius 1 is 1.20 bits per heavy atom. The predicted molar refractivity (Wildman–Crippen MR) is 103 cm³/mol. The number of aliphatic hydroxyl groups is 1. The molecule has 2 heterocycles. The van der Waals surface area contributed by atoms with Crippen LogP contribution < -0.4 is 11.1 Å². The molecule has 0 bridgehead atoms. The van der Waals surface area contributed by atoms with Crippen LogP contribution in [0.1, 0.15) is 0 Å². The molecule has 134 valence electrons. The molecule has 0 spiro atoms. The van der Waals surface area contributed by atoms with Gasteiger partial charge in [0.1, 0.15) is 12.1 Å². The monoisotopic (exact) mass is 383 g/mol. The van der Waals surface area contributed by atoms with Crippen LogP contribution in [0.15, 0.2) is 32.7 Å². The van der Waals surface area contributed by atoms with E-state index in [0.717, 1.165) is 11.0 Å². The Balaban J connectivity index is 0.000000277. The van der Waals surface area contributed by atoms with Crippen LogP contribution in [0.2, 0.25) is 5.02 Å². The zero-order valence-electron chi connectivity index (χ0n) is 14.1. The van der Waals surface area contributed by atoms with E-state index in [0.29, 0.717) is 20.8 Å². The first-order valence-corrected chi connectivity index (χ1v) is 8.31. The Morgan fingerprint density at radius 3 is 2.40 bits per heavy atom. The molecule has 0 atom stereocenters. The number of benzene rings is 1. The molecular weight excluding hydrogens is 364 g/mol. The Kier molecular flexibility index (Phi) is 5.89. The zero-order valence-corrected chi connectivity index (χ0v) is 15.8. The SMILES string of the molecule is C[N+](C)(C)CCO.O=c1[nH][nH]c(=O)c2c(S)c3ccc(Cl)cc3nc12. The summed E-state index contributed by atoms with van der Waals surface area (Å²) < 4.78 is 0.844. The molecule has 9 heteroatoms. The first-order valence-electron chi connectivity index (χ1n) is 7.48. The maximum atomic E-state index is 11.7. The fraction of sp³-hybridized carbons (Fsp3) is 0.312. The van der Waals surface area contributed by atoms with Gasteiger partial charge in [0.2, 0.25) is 0 Å². The topological polar surface area (TPSA) is 98.8 Å². The second-order valence-electron chi connectivity index (χ2n) is 6.49. The van der Waals surface area contributed by atoms with E-state index in [9.17, 15) is 9.59 Å². The molecule has 1 aromatic carbocycles. The molecule has 0 fully saturated rings. The van der Waals surface area contributed by atoms with Crippen LogP contribution in [-0.4, -0.2) is 59.1 Å². The van der Waals surface area contributed by atoms with Gasteiger partial charge in [-0.3, -0.25) is 19.8 Å². The second-order valence-corrected chi connectivity index (χ2v) is 7.37. The van der Waals surface area contributed by atoms with E-state index in [1.807, 2.05) is 0 Å². The Morgan fingerprint density at radius 2 is 1.84 bits per heavy atom. The van der Waals surface area contributed by atoms with Gasteiger partial charge in [0, 0.05) is 15.3 Å². The van der Waals surface area contributed by atoms with Crippen LogP contribution in [0, 0.1) is 0 Å². The molecule has 3 aromatic rings. The summed E-state index contributed by atoms with van der Waals surface area (Å²) in [4.78, 5) is 28.0. The van der Waals surface area contributed by atoms with Crippen molar-refractivity contribution in [1.29, 1.82) is 0 Å². The lowest BCUT2D eigenvalue weighted by atomic mass is 10.1. The lowest BCUT2D eigenvalue weighted by Crippen LogP contribution is -2.36. The van der Waals surface area contributed by atoms with E-state index in [-0.39, 0.29) is 17.5 Å². The highest BCUT2D eigenvalue weighted by Gasteiger charge is 2.12. The van der Waals surface area contributed by atoms with Crippen molar-refractivity contribution in [3.8, 4) is 0 Å². The quantitative estimate of drug-likeness (QED) is 0.305. The molecule has 25 heavy (non-hydrogen) atoms. The summed E-state index contributed by atoms with van der Waals surface area (Å²) in [6.07, 6.45) is 0. The molecule has 3 N–H and O–H groups in total. The number of aromatic nitrogens is 3. The van der Waals surface area contributed by atoms with Crippen molar-refractivity contribution in [3.63, 3.8) is 0 Å². The minimum absolute atomic E-state index is 0.0542. The van der Waals surface area contributed by atoms with E-state index in [4.69, 9.17) is 16.7 Å². The van der Waals surface area contributed by atoms with Gasteiger partial charge in [0.25, 0.3) is 11.1 Å². The fourth-order valence-electron chi connectivity index (χ4n) is 2.14. The number of aliphatic hydroxyl groups excluding tert-OH is 1. The first-order chi connectivity index (χ1) is 11.6. The van der Waals surface area contributed by atoms with Gasteiger partial charge >= 0.3 is 0 Å². The highest BCUT2D eigenvalue weighted by atomic mass is 35.5. The summed E-state index contributed by atoms with van der Waals surface area (Å²) in [7, 11) is 6.16. The van der Waals surface area contributed by atoms with Crippen LogP contribution in [0.5, 0.6) is 0 Å². The van der Waals surface area contributed by atoms with E-state index >= 15 is 0 Å². The Labute approximate surface area is 154 Å². The van der Waals surface area contributed by atoms with Gasteiger partial charge in [0.15, 0.2) is 0 Å². The molecule has 0 saturated heterocycles. The second kappa shape index (κ2) is 7.57. The highest BCUT2D eigenvalue weighted by molar-refractivity contribution is 7.80. The number of pyridine rings is 1. The van der Waals surface area contributed by atoms with E-state index < -0.39 is 11.1 Å². The van der Waals surface area contributed by atoms with Crippen molar-refractivity contribution >= 4 is 46.0 Å². The number of H-pyrrole nitrogens is 2. The summed E-state index contributed by atoms with van der Waals surface area (Å²) in [5.74, 6) is 0. The van der Waals surface area contributed by atoms with Crippen molar-refractivity contribution in [2.24, 2.45) is 0 Å². The number of nitrogens with zero attached hydrogens (tertiary/aromatic N) is 2. The third-order valence-corrected chi connectivity index (χ3v) is 4.12. The number of likely N-dealkylation sites (N-methyl/N-ethyl adjacent to an activating group) is 1. The van der Waals surface area contributed by atoms with Gasteiger partial charge in [-0.25, -0.2) is 4.98 Å². The third-order valence-electron chi connectivity index (χ3n) is 3.42. The van der Waals surface area contributed by atoms with Gasteiger partial charge in [-0.2, -0.15) is 0 Å².